The van der Waals surface area contributed by atoms with Crippen molar-refractivity contribution in [1.29, 1.82) is 0 Å². The minimum atomic E-state index is -0.927. The minimum Gasteiger partial charge on any atom is -0.342 e. The molecule has 1 N–H and O–H groups in total. The van der Waals surface area contributed by atoms with Gasteiger partial charge in [0.1, 0.15) is 18.3 Å². The van der Waals surface area contributed by atoms with Crippen LogP contribution in [-0.4, -0.2) is 54.4 Å². The maximum atomic E-state index is 12.7. The van der Waals surface area contributed by atoms with Gasteiger partial charge in [-0.3, -0.25) is 4.79 Å². The Morgan fingerprint density at radius 2 is 1.59 bits per heavy atom. The van der Waals surface area contributed by atoms with E-state index in [-0.39, 0.29) is 0 Å². The molecule has 1 amide bonds. The van der Waals surface area contributed by atoms with Crippen LogP contribution in [0.1, 0.15) is 33.3 Å². The van der Waals surface area contributed by atoms with Gasteiger partial charge in [0.25, 0.3) is 5.91 Å². The van der Waals surface area contributed by atoms with Crippen LogP contribution in [-0.2, 0) is 28.5 Å². The Morgan fingerprint density at radius 1 is 0.963 bits per heavy atom. The fourth-order valence-corrected chi connectivity index (χ4v) is 3.60. The molecule has 0 unspecified atom stereocenters. The molecule has 1 aromatic carbocycles. The Kier molecular flexibility index (Phi) is 4.56. The molecule has 3 fully saturated rings. The summed E-state index contributed by atoms with van der Waals surface area (Å²) < 4.78 is 29.5. The van der Waals surface area contributed by atoms with Gasteiger partial charge in [-0.15, -0.1) is 0 Å². The monoisotopic (exact) mass is 376 g/mol. The molecule has 0 radical (unpaired) electrons. The number of hydrogen-bond donors (Lipinski definition) is 1. The van der Waals surface area contributed by atoms with E-state index in [2.05, 4.69) is 10.5 Å². The molecule has 0 aromatic heterocycles. The van der Waals surface area contributed by atoms with Crippen LogP contribution in [0, 0.1) is 0 Å². The van der Waals surface area contributed by atoms with Crippen molar-refractivity contribution in [3.05, 3.63) is 35.9 Å². The Balaban J connectivity index is 1.49. The highest BCUT2D eigenvalue weighted by Gasteiger charge is 2.62. The third-order valence-corrected chi connectivity index (χ3v) is 4.60. The smallest absolute Gasteiger partial charge is 0.272 e. The molecule has 0 aliphatic carbocycles. The predicted octanol–water partition coefficient (Wildman–Crippen LogP) is 1.53. The fraction of sp³-hybridized carbons (Fsp3) is 0.579. The number of hydrogen-bond acceptors (Lipinski definition) is 7. The maximum Gasteiger partial charge on any atom is 0.272 e. The van der Waals surface area contributed by atoms with Crippen molar-refractivity contribution in [3.8, 4) is 0 Å². The van der Waals surface area contributed by atoms with Crippen LogP contribution in [0.3, 0.4) is 0 Å². The first-order valence-electron chi connectivity index (χ1n) is 8.99. The van der Waals surface area contributed by atoms with Gasteiger partial charge >= 0.3 is 0 Å². The van der Waals surface area contributed by atoms with E-state index in [0.29, 0.717) is 0 Å². The topological polar surface area (TPSA) is 87.6 Å². The van der Waals surface area contributed by atoms with Crippen LogP contribution in [0.25, 0.3) is 0 Å². The second-order valence-corrected chi connectivity index (χ2v) is 7.73. The molecule has 146 valence electrons. The van der Waals surface area contributed by atoms with Gasteiger partial charge in [0.2, 0.25) is 0 Å². The van der Waals surface area contributed by atoms with Gasteiger partial charge in [0.05, 0.1) is 6.21 Å². The molecule has 0 saturated carbocycles. The molecular formula is C19H24N2O6. The van der Waals surface area contributed by atoms with E-state index < -0.39 is 48.2 Å². The number of hydrazone groups is 1. The van der Waals surface area contributed by atoms with Gasteiger partial charge in [0.15, 0.2) is 24.0 Å². The van der Waals surface area contributed by atoms with Gasteiger partial charge < -0.3 is 23.7 Å². The summed E-state index contributed by atoms with van der Waals surface area (Å²) in [5.74, 6) is -2.10. The summed E-state index contributed by atoms with van der Waals surface area (Å²) in [5, 5.41) is 4.01. The van der Waals surface area contributed by atoms with E-state index >= 15 is 0 Å². The van der Waals surface area contributed by atoms with E-state index in [0.717, 1.165) is 5.56 Å². The molecule has 4 rings (SSSR count). The number of ether oxygens (including phenoxy) is 5. The van der Waals surface area contributed by atoms with E-state index in [4.69, 9.17) is 23.7 Å². The van der Waals surface area contributed by atoms with Crippen molar-refractivity contribution in [2.75, 3.05) is 0 Å². The summed E-state index contributed by atoms with van der Waals surface area (Å²) in [6.45, 7) is 7.18. The lowest BCUT2D eigenvalue weighted by Gasteiger charge is -2.36. The van der Waals surface area contributed by atoms with E-state index in [1.54, 1.807) is 33.9 Å². The highest BCUT2D eigenvalue weighted by atomic mass is 16.9. The molecule has 3 aliphatic rings. The van der Waals surface area contributed by atoms with Gasteiger partial charge in [-0.05, 0) is 33.3 Å². The Bertz CT molecular complexity index is 735. The molecule has 3 saturated heterocycles. The molecule has 27 heavy (non-hydrogen) atoms. The molecule has 0 bridgehead atoms. The zero-order valence-corrected chi connectivity index (χ0v) is 15.7. The van der Waals surface area contributed by atoms with Crippen LogP contribution in [0.15, 0.2) is 35.4 Å². The van der Waals surface area contributed by atoms with Crippen molar-refractivity contribution in [2.24, 2.45) is 5.10 Å². The van der Waals surface area contributed by atoms with Gasteiger partial charge in [-0.2, -0.15) is 5.10 Å². The Morgan fingerprint density at radius 3 is 2.33 bits per heavy atom. The van der Waals surface area contributed by atoms with Gasteiger partial charge in [-0.25, -0.2) is 5.43 Å². The number of nitrogens with zero attached hydrogens (tertiary/aromatic N) is 1. The summed E-state index contributed by atoms with van der Waals surface area (Å²) in [6, 6.07) is 9.46. The third-order valence-electron chi connectivity index (χ3n) is 4.60. The average Bonchev–Trinajstić information content (AvgIpc) is 3.09. The first-order valence-corrected chi connectivity index (χ1v) is 8.99. The Labute approximate surface area is 157 Å². The number of amides is 1. The number of fused-ring (bicyclic) bond motifs is 3. The highest BCUT2D eigenvalue weighted by Crippen LogP contribution is 2.44. The number of carbonyl (C=O) groups is 1. The van der Waals surface area contributed by atoms with Crippen molar-refractivity contribution < 1.29 is 28.5 Å². The van der Waals surface area contributed by atoms with Crippen molar-refractivity contribution in [3.63, 3.8) is 0 Å². The van der Waals surface area contributed by atoms with Crippen molar-refractivity contribution >= 4 is 12.1 Å². The molecule has 3 aliphatic heterocycles. The molecular weight excluding hydrogens is 352 g/mol. The molecule has 8 heteroatoms. The second kappa shape index (κ2) is 6.65. The highest BCUT2D eigenvalue weighted by molar-refractivity contribution is 5.85. The molecule has 3 heterocycles. The molecule has 5 atom stereocenters. The second-order valence-electron chi connectivity index (χ2n) is 7.73. The normalized spacial score (nSPS) is 36.4. The number of benzene rings is 1. The van der Waals surface area contributed by atoms with Crippen LogP contribution in [0.2, 0.25) is 0 Å². The fourth-order valence-electron chi connectivity index (χ4n) is 3.60. The average molecular weight is 376 g/mol. The van der Waals surface area contributed by atoms with Crippen LogP contribution in [0.5, 0.6) is 0 Å². The molecule has 1 aromatic rings. The van der Waals surface area contributed by atoms with Crippen molar-refractivity contribution in [1.82, 2.24) is 5.43 Å². The summed E-state index contributed by atoms with van der Waals surface area (Å²) in [7, 11) is 0. The standard InChI is InChI=1S/C19H24N2O6/c1-18(2)24-12-13(25-18)15-17(27-19(3,4)26-15)23-14(12)16(22)21-20-10-11-8-6-5-7-9-11/h5-10,12-15,17H,1-4H3,(H,21,22)/t12-,13+,14+,15-,17-/m1/s1. The lowest BCUT2D eigenvalue weighted by molar-refractivity contribution is -0.231. The number of carbonyl (C=O) groups excluding carboxylic acids is 1. The predicted molar refractivity (Wildman–Crippen MR) is 94.7 cm³/mol. The van der Waals surface area contributed by atoms with E-state index in [9.17, 15) is 4.79 Å². The first kappa shape index (κ1) is 18.5. The third kappa shape index (κ3) is 3.76. The van der Waals surface area contributed by atoms with Crippen molar-refractivity contribution in [2.45, 2.75) is 70.0 Å². The van der Waals surface area contributed by atoms with Crippen LogP contribution >= 0.6 is 0 Å². The summed E-state index contributed by atoms with van der Waals surface area (Å²) in [4.78, 5) is 12.7. The lowest BCUT2D eigenvalue weighted by Crippen LogP contribution is -2.59. The molecule has 8 nitrogen and oxygen atoms in total. The van der Waals surface area contributed by atoms with Crippen LogP contribution in [0.4, 0.5) is 0 Å². The minimum absolute atomic E-state index is 0.426. The van der Waals surface area contributed by atoms with E-state index in [1.807, 2.05) is 30.3 Å². The summed E-state index contributed by atoms with van der Waals surface area (Å²) >= 11 is 0. The van der Waals surface area contributed by atoms with Gasteiger partial charge in [-0.1, -0.05) is 30.3 Å². The lowest BCUT2D eigenvalue weighted by atomic mass is 9.98. The summed E-state index contributed by atoms with van der Waals surface area (Å²) in [5.41, 5.74) is 3.39. The quantitative estimate of drug-likeness (QED) is 0.636. The van der Waals surface area contributed by atoms with Gasteiger partial charge in [0, 0.05) is 0 Å². The summed E-state index contributed by atoms with van der Waals surface area (Å²) in [6.07, 6.45) is -1.64. The first-order chi connectivity index (χ1) is 12.7. The number of rotatable bonds is 3. The molecule has 0 spiro atoms. The largest absolute Gasteiger partial charge is 0.342 e. The SMILES string of the molecule is CC1(C)O[C@H]2[C@@H](O1)[C@@H](C(=O)NN=Cc1ccccc1)O[C@@H]1OC(C)(C)O[C@@H]12. The van der Waals surface area contributed by atoms with E-state index in [1.165, 1.54) is 0 Å². The zero-order chi connectivity index (χ0) is 19.2. The Hall–Kier alpha value is -1.84. The maximum absolute atomic E-state index is 12.7. The number of nitrogens with one attached hydrogen (secondary N) is 1. The zero-order valence-electron chi connectivity index (χ0n) is 15.7. The van der Waals surface area contributed by atoms with Crippen LogP contribution < -0.4 is 5.43 Å².